The Morgan fingerprint density at radius 3 is 2.72 bits per heavy atom. The predicted octanol–water partition coefficient (Wildman–Crippen LogP) is 2.67. The third kappa shape index (κ3) is 4.52. The Bertz CT molecular complexity index is 353. The van der Waals surface area contributed by atoms with Crippen LogP contribution in [-0.2, 0) is 0 Å². The summed E-state index contributed by atoms with van der Waals surface area (Å²) >= 11 is 1.77. The van der Waals surface area contributed by atoms with E-state index >= 15 is 0 Å². The highest BCUT2D eigenvalue weighted by molar-refractivity contribution is 7.99. The minimum Gasteiger partial charge on any atom is -0.496 e. The fourth-order valence-electron chi connectivity index (χ4n) is 1.71. The summed E-state index contributed by atoms with van der Waals surface area (Å²) < 4.78 is 5.30. The minimum atomic E-state index is -0.415. The summed E-state index contributed by atoms with van der Waals surface area (Å²) in [6.45, 7) is 2.08. The Kier molecular flexibility index (Phi) is 6.54. The molecule has 0 heterocycles. The van der Waals surface area contributed by atoms with E-state index in [1.807, 2.05) is 25.1 Å². The molecule has 1 aromatic rings. The van der Waals surface area contributed by atoms with Crippen LogP contribution in [0.5, 0.6) is 5.75 Å². The Hall–Kier alpha value is -0.710. The molecule has 102 valence electrons. The van der Waals surface area contributed by atoms with E-state index in [9.17, 15) is 5.11 Å². The first-order valence-electron chi connectivity index (χ1n) is 6.31. The van der Waals surface area contributed by atoms with Crippen molar-refractivity contribution in [2.24, 2.45) is 5.73 Å². The van der Waals surface area contributed by atoms with Gasteiger partial charge in [0.1, 0.15) is 5.75 Å². The van der Waals surface area contributed by atoms with E-state index < -0.39 is 5.54 Å². The first-order chi connectivity index (χ1) is 8.65. The van der Waals surface area contributed by atoms with Crippen LogP contribution < -0.4 is 10.5 Å². The van der Waals surface area contributed by atoms with Gasteiger partial charge in [0.2, 0.25) is 0 Å². The molecular weight excluding hydrogens is 246 g/mol. The van der Waals surface area contributed by atoms with Gasteiger partial charge in [-0.05, 0) is 37.1 Å². The highest BCUT2D eigenvalue weighted by Crippen LogP contribution is 2.29. The van der Waals surface area contributed by atoms with Crippen molar-refractivity contribution in [2.45, 2.75) is 36.6 Å². The van der Waals surface area contributed by atoms with Crippen LogP contribution in [0.4, 0.5) is 0 Å². The Labute approximate surface area is 114 Å². The number of hydrogen-bond donors (Lipinski definition) is 2. The lowest BCUT2D eigenvalue weighted by molar-refractivity contribution is 0.182. The molecule has 0 saturated heterocycles. The maximum atomic E-state index is 9.23. The van der Waals surface area contributed by atoms with Crippen molar-refractivity contribution < 1.29 is 9.84 Å². The van der Waals surface area contributed by atoms with Gasteiger partial charge < -0.3 is 15.6 Å². The number of rotatable bonds is 8. The number of hydrogen-bond acceptors (Lipinski definition) is 4. The average Bonchev–Trinajstić information content (AvgIpc) is 2.43. The topological polar surface area (TPSA) is 55.5 Å². The Balaban J connectivity index is 2.38. The highest BCUT2D eigenvalue weighted by atomic mass is 32.2. The van der Waals surface area contributed by atoms with Gasteiger partial charge in [0.05, 0.1) is 13.7 Å². The molecule has 0 radical (unpaired) electrons. The lowest BCUT2D eigenvalue weighted by Crippen LogP contribution is -2.42. The maximum absolute atomic E-state index is 9.23. The monoisotopic (exact) mass is 269 g/mol. The summed E-state index contributed by atoms with van der Waals surface area (Å²) in [5.41, 5.74) is 5.63. The van der Waals surface area contributed by atoms with E-state index in [4.69, 9.17) is 10.5 Å². The van der Waals surface area contributed by atoms with E-state index in [2.05, 4.69) is 6.07 Å². The summed E-state index contributed by atoms with van der Waals surface area (Å²) in [6.07, 6.45) is 2.65. The molecule has 0 aliphatic heterocycles. The molecule has 18 heavy (non-hydrogen) atoms. The SMILES string of the molecule is CCC(N)(CO)CCCSc1ccccc1OC. The van der Waals surface area contributed by atoms with Crippen molar-refractivity contribution in [2.75, 3.05) is 19.5 Å². The predicted molar refractivity (Wildman–Crippen MR) is 77.2 cm³/mol. The molecule has 0 aromatic heterocycles. The molecule has 0 spiro atoms. The van der Waals surface area contributed by atoms with Crippen molar-refractivity contribution in [3.8, 4) is 5.75 Å². The quantitative estimate of drug-likeness (QED) is 0.563. The largest absolute Gasteiger partial charge is 0.496 e. The second-order valence-electron chi connectivity index (χ2n) is 4.48. The number of benzene rings is 1. The maximum Gasteiger partial charge on any atom is 0.132 e. The first kappa shape index (κ1) is 15.3. The van der Waals surface area contributed by atoms with Crippen LogP contribution in [0.25, 0.3) is 0 Å². The van der Waals surface area contributed by atoms with Crippen molar-refractivity contribution in [3.05, 3.63) is 24.3 Å². The van der Waals surface area contributed by atoms with Gasteiger partial charge in [0, 0.05) is 10.4 Å². The van der Waals surface area contributed by atoms with Crippen LogP contribution in [0.1, 0.15) is 26.2 Å². The molecule has 1 rings (SSSR count). The van der Waals surface area contributed by atoms with Crippen molar-refractivity contribution in [1.29, 1.82) is 0 Å². The lowest BCUT2D eigenvalue weighted by Gasteiger charge is -2.25. The number of thioether (sulfide) groups is 1. The molecular formula is C14H23NO2S. The number of aliphatic hydroxyl groups excluding tert-OH is 1. The number of nitrogens with two attached hydrogens (primary N) is 1. The van der Waals surface area contributed by atoms with Crippen LogP contribution in [0.3, 0.4) is 0 Å². The lowest BCUT2D eigenvalue weighted by atomic mass is 9.93. The zero-order valence-corrected chi connectivity index (χ0v) is 12.0. The Morgan fingerprint density at radius 1 is 1.39 bits per heavy atom. The van der Waals surface area contributed by atoms with E-state index in [1.54, 1.807) is 18.9 Å². The van der Waals surface area contributed by atoms with E-state index in [0.29, 0.717) is 0 Å². The van der Waals surface area contributed by atoms with E-state index in [1.165, 1.54) is 0 Å². The van der Waals surface area contributed by atoms with Crippen LogP contribution in [0, 0.1) is 0 Å². The molecule has 3 N–H and O–H groups in total. The molecule has 0 aliphatic rings. The number of methoxy groups -OCH3 is 1. The smallest absolute Gasteiger partial charge is 0.132 e. The van der Waals surface area contributed by atoms with Gasteiger partial charge in [-0.2, -0.15) is 0 Å². The van der Waals surface area contributed by atoms with E-state index in [0.717, 1.165) is 35.7 Å². The highest BCUT2D eigenvalue weighted by Gasteiger charge is 2.20. The van der Waals surface area contributed by atoms with E-state index in [-0.39, 0.29) is 6.61 Å². The summed E-state index contributed by atoms with van der Waals surface area (Å²) in [5.74, 6) is 1.90. The van der Waals surface area contributed by atoms with Crippen molar-refractivity contribution in [3.63, 3.8) is 0 Å². The molecule has 3 nitrogen and oxygen atoms in total. The van der Waals surface area contributed by atoms with Gasteiger partial charge in [-0.15, -0.1) is 11.8 Å². The molecule has 1 aromatic carbocycles. The van der Waals surface area contributed by atoms with Crippen LogP contribution in [0.2, 0.25) is 0 Å². The molecule has 0 bridgehead atoms. The van der Waals surface area contributed by atoms with Crippen LogP contribution in [-0.4, -0.2) is 30.1 Å². The van der Waals surface area contributed by atoms with Gasteiger partial charge in [0.15, 0.2) is 0 Å². The zero-order valence-electron chi connectivity index (χ0n) is 11.2. The van der Waals surface area contributed by atoms with Gasteiger partial charge in [-0.1, -0.05) is 19.1 Å². The normalized spacial score (nSPS) is 14.2. The Morgan fingerprint density at radius 2 is 2.11 bits per heavy atom. The van der Waals surface area contributed by atoms with Crippen LogP contribution >= 0.6 is 11.8 Å². The third-order valence-corrected chi connectivity index (χ3v) is 4.31. The molecule has 0 aliphatic carbocycles. The number of ether oxygens (including phenoxy) is 1. The van der Waals surface area contributed by atoms with Crippen molar-refractivity contribution in [1.82, 2.24) is 0 Å². The average molecular weight is 269 g/mol. The molecule has 1 unspecified atom stereocenters. The summed E-state index contributed by atoms with van der Waals surface area (Å²) in [4.78, 5) is 1.16. The van der Waals surface area contributed by atoms with Gasteiger partial charge in [-0.25, -0.2) is 0 Å². The van der Waals surface area contributed by atoms with Gasteiger partial charge in [-0.3, -0.25) is 0 Å². The summed E-state index contributed by atoms with van der Waals surface area (Å²) in [6, 6.07) is 8.01. The number of para-hydroxylation sites is 1. The fraction of sp³-hybridized carbons (Fsp3) is 0.571. The second kappa shape index (κ2) is 7.67. The summed E-state index contributed by atoms with van der Waals surface area (Å²) in [7, 11) is 1.69. The fourth-order valence-corrected chi connectivity index (χ4v) is 2.69. The molecule has 4 heteroatoms. The zero-order chi connectivity index (χ0) is 13.4. The van der Waals surface area contributed by atoms with Crippen LogP contribution in [0.15, 0.2) is 29.2 Å². The summed E-state index contributed by atoms with van der Waals surface area (Å²) in [5, 5.41) is 9.23. The minimum absolute atomic E-state index is 0.0584. The van der Waals surface area contributed by atoms with Crippen molar-refractivity contribution >= 4 is 11.8 Å². The number of aliphatic hydroxyl groups is 1. The second-order valence-corrected chi connectivity index (χ2v) is 5.61. The standard InChI is InChI=1S/C14H23NO2S/c1-3-14(15,11-16)9-6-10-18-13-8-5-4-7-12(13)17-2/h4-5,7-8,16H,3,6,9-11,15H2,1-2H3. The molecule has 0 amide bonds. The molecule has 0 saturated carbocycles. The molecule has 0 fully saturated rings. The molecule has 1 atom stereocenters. The van der Waals surface area contributed by atoms with Gasteiger partial charge in [0.25, 0.3) is 0 Å². The first-order valence-corrected chi connectivity index (χ1v) is 7.29. The third-order valence-electron chi connectivity index (χ3n) is 3.16. The van der Waals surface area contributed by atoms with Gasteiger partial charge >= 0.3 is 0 Å².